The summed E-state index contributed by atoms with van der Waals surface area (Å²) in [5.74, 6) is 0.551. The molecule has 2 rings (SSSR count). The quantitative estimate of drug-likeness (QED) is 0.645. The number of pyridine rings is 1. The van der Waals surface area contributed by atoms with Gasteiger partial charge in [0.2, 0.25) is 5.52 Å². The molecule has 2 aromatic rings. The molecule has 110 valence electrons. The average molecular weight is 300 g/mol. The summed E-state index contributed by atoms with van der Waals surface area (Å²) in [7, 11) is -2.28. The number of benzene rings is 1. The third kappa shape index (κ3) is 4.16. The summed E-state index contributed by atoms with van der Waals surface area (Å²) in [6.07, 6.45) is 2.26. The van der Waals surface area contributed by atoms with Gasteiger partial charge in [0, 0.05) is 18.6 Å². The number of methoxy groups -OCH3 is 1. The SMILES string of the molecule is COc1ccc2c(ccc[n+]2CCCS(=O)(=O)O)c1.O. The summed E-state index contributed by atoms with van der Waals surface area (Å²) in [5.41, 5.74) is 0.999. The van der Waals surface area contributed by atoms with Gasteiger partial charge in [0.1, 0.15) is 12.3 Å². The minimum Gasteiger partial charge on any atom is -0.497 e. The van der Waals surface area contributed by atoms with Crippen molar-refractivity contribution in [1.82, 2.24) is 0 Å². The second kappa shape index (κ2) is 6.65. The maximum absolute atomic E-state index is 10.7. The summed E-state index contributed by atoms with van der Waals surface area (Å²) < 4.78 is 37.2. The van der Waals surface area contributed by atoms with E-state index in [4.69, 9.17) is 9.29 Å². The van der Waals surface area contributed by atoms with Crippen LogP contribution in [0.5, 0.6) is 5.75 Å². The first-order valence-corrected chi connectivity index (χ1v) is 7.52. The molecule has 0 spiro atoms. The molecule has 0 radical (unpaired) electrons. The Balaban J connectivity index is 0.00000200. The second-order valence-electron chi connectivity index (χ2n) is 4.27. The Morgan fingerprint density at radius 2 is 2.05 bits per heavy atom. The van der Waals surface area contributed by atoms with Crippen molar-refractivity contribution in [3.63, 3.8) is 0 Å². The fourth-order valence-corrected chi connectivity index (χ4v) is 2.49. The van der Waals surface area contributed by atoms with Crippen LogP contribution < -0.4 is 9.30 Å². The zero-order chi connectivity index (χ0) is 13.9. The molecular weight excluding hydrogens is 282 g/mol. The Labute approximate surface area is 117 Å². The third-order valence-electron chi connectivity index (χ3n) is 2.89. The molecule has 0 unspecified atom stereocenters. The first kappa shape index (κ1) is 16.4. The standard InChI is InChI=1S/C13H15NO4S.H2O/c1-18-12-5-6-13-11(10-12)4-2-7-14(13)8-3-9-19(15,16)17;/h2,4-7,10H,3,8-9H2,1H3;1H2/p+1. The predicted molar refractivity (Wildman–Crippen MR) is 75.3 cm³/mol. The number of ether oxygens (including phenoxy) is 1. The van der Waals surface area contributed by atoms with Gasteiger partial charge in [-0.15, -0.1) is 0 Å². The fourth-order valence-electron chi connectivity index (χ4n) is 2.00. The van der Waals surface area contributed by atoms with Gasteiger partial charge in [-0.1, -0.05) is 0 Å². The highest BCUT2D eigenvalue weighted by atomic mass is 32.2. The number of rotatable bonds is 5. The first-order valence-electron chi connectivity index (χ1n) is 5.91. The third-order valence-corrected chi connectivity index (χ3v) is 3.69. The molecule has 0 atom stereocenters. The van der Waals surface area contributed by atoms with Crippen molar-refractivity contribution in [2.45, 2.75) is 13.0 Å². The molecule has 3 N–H and O–H groups in total. The van der Waals surface area contributed by atoms with E-state index in [1.165, 1.54) is 0 Å². The van der Waals surface area contributed by atoms with Crippen molar-refractivity contribution in [3.05, 3.63) is 36.5 Å². The van der Waals surface area contributed by atoms with Gasteiger partial charge in [-0.25, -0.2) is 0 Å². The highest BCUT2D eigenvalue weighted by Gasteiger charge is 2.11. The topological polar surface area (TPSA) is 99.0 Å². The maximum atomic E-state index is 10.7. The van der Waals surface area contributed by atoms with E-state index < -0.39 is 10.1 Å². The van der Waals surface area contributed by atoms with Crippen LogP contribution in [0.15, 0.2) is 36.5 Å². The van der Waals surface area contributed by atoms with Crippen LogP contribution in [0.4, 0.5) is 0 Å². The van der Waals surface area contributed by atoms with Crippen LogP contribution >= 0.6 is 0 Å². The molecule has 1 aromatic heterocycles. The van der Waals surface area contributed by atoms with Gasteiger partial charge in [0.25, 0.3) is 10.1 Å². The fraction of sp³-hybridized carbons (Fsp3) is 0.308. The molecule has 0 fully saturated rings. The summed E-state index contributed by atoms with van der Waals surface area (Å²) in [5, 5.41) is 1.02. The van der Waals surface area contributed by atoms with Gasteiger partial charge in [-0.2, -0.15) is 13.0 Å². The number of hydrogen-bond acceptors (Lipinski definition) is 3. The van der Waals surface area contributed by atoms with E-state index in [2.05, 4.69) is 0 Å². The Morgan fingerprint density at radius 1 is 1.30 bits per heavy atom. The van der Waals surface area contributed by atoms with Gasteiger partial charge < -0.3 is 10.2 Å². The van der Waals surface area contributed by atoms with Crippen LogP contribution in [0.3, 0.4) is 0 Å². The highest BCUT2D eigenvalue weighted by Crippen LogP contribution is 2.17. The van der Waals surface area contributed by atoms with Crippen molar-refractivity contribution in [3.8, 4) is 5.75 Å². The predicted octanol–water partition coefficient (Wildman–Crippen LogP) is 0.589. The lowest BCUT2D eigenvalue weighted by atomic mass is 10.2. The monoisotopic (exact) mass is 300 g/mol. The van der Waals surface area contributed by atoms with E-state index in [1.807, 2.05) is 41.1 Å². The van der Waals surface area contributed by atoms with Crippen LogP contribution in [0.2, 0.25) is 0 Å². The Kier molecular flexibility index (Phi) is 5.43. The van der Waals surface area contributed by atoms with E-state index in [-0.39, 0.29) is 11.2 Å². The lowest BCUT2D eigenvalue weighted by Gasteiger charge is -2.03. The smallest absolute Gasteiger partial charge is 0.265 e. The number of aryl methyl sites for hydroxylation is 1. The second-order valence-corrected chi connectivity index (χ2v) is 5.84. The molecule has 7 heteroatoms. The highest BCUT2D eigenvalue weighted by molar-refractivity contribution is 7.85. The minimum absolute atomic E-state index is 0. The molecule has 0 aliphatic rings. The van der Waals surface area contributed by atoms with E-state index in [0.717, 1.165) is 16.7 Å². The Morgan fingerprint density at radius 3 is 2.70 bits per heavy atom. The molecule has 0 saturated carbocycles. The molecule has 0 saturated heterocycles. The van der Waals surface area contributed by atoms with Crippen LogP contribution in [-0.4, -0.2) is 31.3 Å². The van der Waals surface area contributed by atoms with Crippen molar-refractivity contribution < 1.29 is 27.8 Å². The van der Waals surface area contributed by atoms with E-state index in [0.29, 0.717) is 13.0 Å². The number of nitrogens with zero attached hydrogens (tertiary/aromatic N) is 1. The zero-order valence-electron chi connectivity index (χ0n) is 11.1. The van der Waals surface area contributed by atoms with Crippen molar-refractivity contribution in [2.24, 2.45) is 0 Å². The first-order chi connectivity index (χ1) is 8.99. The Hall–Kier alpha value is -1.70. The lowest BCUT2D eigenvalue weighted by Crippen LogP contribution is -2.34. The average Bonchev–Trinajstić information content (AvgIpc) is 2.37. The van der Waals surface area contributed by atoms with Crippen molar-refractivity contribution in [2.75, 3.05) is 12.9 Å². The van der Waals surface area contributed by atoms with E-state index >= 15 is 0 Å². The van der Waals surface area contributed by atoms with Crippen molar-refractivity contribution in [1.29, 1.82) is 0 Å². The normalized spacial score (nSPS) is 11.1. The summed E-state index contributed by atoms with van der Waals surface area (Å²) in [6, 6.07) is 9.59. The van der Waals surface area contributed by atoms with Crippen molar-refractivity contribution >= 4 is 21.0 Å². The molecular formula is C13H18NO5S+. The number of hydrogen-bond donors (Lipinski definition) is 1. The molecule has 1 aromatic carbocycles. The minimum atomic E-state index is -3.89. The molecule has 0 bridgehead atoms. The van der Waals surface area contributed by atoms with Crippen LogP contribution in [0, 0.1) is 0 Å². The van der Waals surface area contributed by atoms with Gasteiger partial charge in [0.15, 0.2) is 6.20 Å². The van der Waals surface area contributed by atoms with Gasteiger partial charge >= 0.3 is 0 Å². The summed E-state index contributed by atoms with van der Waals surface area (Å²) in [6.45, 7) is 0.531. The largest absolute Gasteiger partial charge is 0.497 e. The molecule has 1 heterocycles. The van der Waals surface area contributed by atoms with Gasteiger partial charge in [0.05, 0.1) is 18.2 Å². The van der Waals surface area contributed by atoms with Crippen LogP contribution in [0.1, 0.15) is 6.42 Å². The molecule has 6 nitrogen and oxygen atoms in total. The van der Waals surface area contributed by atoms with Crippen LogP contribution in [0.25, 0.3) is 10.9 Å². The molecule has 0 aliphatic heterocycles. The van der Waals surface area contributed by atoms with E-state index in [9.17, 15) is 8.42 Å². The zero-order valence-corrected chi connectivity index (χ0v) is 11.9. The molecule has 0 aliphatic carbocycles. The Bertz CT molecular complexity index is 684. The lowest BCUT2D eigenvalue weighted by molar-refractivity contribution is -0.671. The molecule has 20 heavy (non-hydrogen) atoms. The van der Waals surface area contributed by atoms with E-state index in [1.54, 1.807) is 7.11 Å². The van der Waals surface area contributed by atoms with Gasteiger partial charge in [-0.05, 0) is 18.2 Å². The maximum Gasteiger partial charge on any atom is 0.265 e. The summed E-state index contributed by atoms with van der Waals surface area (Å²) in [4.78, 5) is 0. The van der Waals surface area contributed by atoms with Gasteiger partial charge in [-0.3, -0.25) is 4.55 Å². The van der Waals surface area contributed by atoms with Crippen LogP contribution in [-0.2, 0) is 16.7 Å². The number of aromatic nitrogens is 1. The molecule has 0 amide bonds. The number of fused-ring (bicyclic) bond motifs is 1. The summed E-state index contributed by atoms with van der Waals surface area (Å²) >= 11 is 0.